The zero-order valence-electron chi connectivity index (χ0n) is 18.0. The fraction of sp³-hybridized carbons (Fsp3) is 0.296. The summed E-state index contributed by atoms with van der Waals surface area (Å²) in [6.07, 6.45) is 2.91. The molecule has 0 fully saturated rings. The second-order valence-corrected chi connectivity index (χ2v) is 9.69. The van der Waals surface area contributed by atoms with Crippen LogP contribution in [-0.4, -0.2) is 10.1 Å². The maximum Gasteiger partial charge on any atom is 0.116 e. The summed E-state index contributed by atoms with van der Waals surface area (Å²) in [6, 6.07) is 20.6. The van der Waals surface area contributed by atoms with Crippen LogP contribution in [0.3, 0.4) is 0 Å². The summed E-state index contributed by atoms with van der Waals surface area (Å²) in [5.41, 5.74) is 3.65. The van der Waals surface area contributed by atoms with E-state index in [-0.39, 0.29) is 10.8 Å². The van der Waals surface area contributed by atoms with Gasteiger partial charge in [-0.2, -0.15) is 0 Å². The van der Waals surface area contributed by atoms with E-state index in [0.717, 1.165) is 17.5 Å². The van der Waals surface area contributed by atoms with Gasteiger partial charge in [0.25, 0.3) is 0 Å². The average Bonchev–Trinajstić information content (AvgIpc) is 2.66. The molecule has 4 aromatic rings. The molecule has 0 aliphatic carbocycles. The maximum absolute atomic E-state index is 9.86. The van der Waals surface area contributed by atoms with Gasteiger partial charge in [0, 0.05) is 17.3 Å². The second kappa shape index (κ2) is 6.88. The molecule has 29 heavy (non-hydrogen) atoms. The zero-order chi connectivity index (χ0) is 20.8. The summed E-state index contributed by atoms with van der Waals surface area (Å²) in [5, 5.41) is 14.6. The highest BCUT2D eigenvalue weighted by Crippen LogP contribution is 2.37. The van der Waals surface area contributed by atoms with Crippen LogP contribution in [0.1, 0.15) is 51.4 Å². The van der Waals surface area contributed by atoms with Gasteiger partial charge in [-0.1, -0.05) is 83.1 Å². The topological polar surface area (TPSA) is 33.1 Å². The van der Waals surface area contributed by atoms with Crippen LogP contribution in [-0.2, 0) is 17.3 Å². The molecule has 0 radical (unpaired) electrons. The van der Waals surface area contributed by atoms with Crippen LogP contribution in [0.2, 0.25) is 0 Å². The lowest BCUT2D eigenvalue weighted by atomic mass is 9.77. The number of pyridine rings is 1. The summed E-state index contributed by atoms with van der Waals surface area (Å²) < 4.78 is 0. The van der Waals surface area contributed by atoms with E-state index < -0.39 is 0 Å². The summed E-state index contributed by atoms with van der Waals surface area (Å²) in [6.45, 7) is 11.3. The van der Waals surface area contributed by atoms with Crippen molar-refractivity contribution in [3.8, 4) is 5.75 Å². The molecule has 0 aliphatic rings. The van der Waals surface area contributed by atoms with Crippen molar-refractivity contribution in [1.29, 1.82) is 0 Å². The van der Waals surface area contributed by atoms with Crippen LogP contribution in [0.15, 0.2) is 66.9 Å². The van der Waals surface area contributed by atoms with E-state index in [9.17, 15) is 5.11 Å². The Balaban J connectivity index is 1.83. The fourth-order valence-corrected chi connectivity index (χ4v) is 4.36. The van der Waals surface area contributed by atoms with Crippen molar-refractivity contribution in [2.45, 2.75) is 51.9 Å². The van der Waals surface area contributed by atoms with E-state index in [1.54, 1.807) is 6.07 Å². The number of fused-ring (bicyclic) bond motifs is 2. The van der Waals surface area contributed by atoms with Gasteiger partial charge in [0.15, 0.2) is 0 Å². The van der Waals surface area contributed by atoms with Gasteiger partial charge in [0.2, 0.25) is 0 Å². The average molecular weight is 384 g/mol. The molecule has 4 rings (SSSR count). The van der Waals surface area contributed by atoms with Gasteiger partial charge in [-0.05, 0) is 56.7 Å². The van der Waals surface area contributed by atoms with Crippen LogP contribution >= 0.6 is 0 Å². The van der Waals surface area contributed by atoms with Gasteiger partial charge in [0.1, 0.15) is 5.75 Å². The van der Waals surface area contributed by atoms with Crippen molar-refractivity contribution >= 4 is 21.5 Å². The molecule has 0 unspecified atom stereocenters. The molecule has 1 N–H and O–H groups in total. The number of nitrogens with zero attached hydrogens (tertiary/aromatic N) is 1. The largest absolute Gasteiger partial charge is 0.508 e. The Labute approximate surface area is 173 Å². The number of hydrogen-bond donors (Lipinski definition) is 1. The molecule has 1 aromatic heterocycles. The predicted molar refractivity (Wildman–Crippen MR) is 123 cm³/mol. The Morgan fingerprint density at radius 3 is 2.21 bits per heavy atom. The summed E-state index contributed by atoms with van der Waals surface area (Å²) in [5.74, 6) is 0.304. The Hall–Kier alpha value is -2.87. The predicted octanol–water partition coefficient (Wildman–Crippen LogP) is 6.91. The molecule has 2 nitrogen and oxygen atoms in total. The molecule has 148 valence electrons. The summed E-state index contributed by atoms with van der Waals surface area (Å²) >= 11 is 0. The Morgan fingerprint density at radius 2 is 1.48 bits per heavy atom. The maximum atomic E-state index is 9.86. The second-order valence-electron chi connectivity index (χ2n) is 9.69. The van der Waals surface area contributed by atoms with E-state index in [1.807, 2.05) is 12.1 Å². The minimum atomic E-state index is -0.102. The number of phenolic OH excluding ortho intramolecular Hbond substituents is 1. The Morgan fingerprint density at radius 1 is 0.759 bits per heavy atom. The molecule has 1 heterocycles. The summed E-state index contributed by atoms with van der Waals surface area (Å²) in [7, 11) is 0. The molecule has 3 aromatic carbocycles. The van der Waals surface area contributed by atoms with Gasteiger partial charge in [-0.15, -0.1) is 0 Å². The van der Waals surface area contributed by atoms with Crippen LogP contribution in [0, 0.1) is 0 Å². The van der Waals surface area contributed by atoms with E-state index in [0.29, 0.717) is 5.75 Å². The first kappa shape index (κ1) is 19.4. The van der Waals surface area contributed by atoms with Crippen LogP contribution in [0.4, 0.5) is 0 Å². The molecule has 0 spiro atoms. The number of rotatable bonds is 3. The molecule has 0 amide bonds. The molecule has 0 aliphatic heterocycles. The highest BCUT2D eigenvalue weighted by molar-refractivity contribution is 5.89. The highest BCUT2D eigenvalue weighted by Gasteiger charge is 2.26. The monoisotopic (exact) mass is 383 g/mol. The number of phenols is 1. The van der Waals surface area contributed by atoms with Crippen molar-refractivity contribution in [1.82, 2.24) is 4.98 Å². The SMILES string of the molecule is CC(C)(C)c1cnc(CC(C)(C)c2cccc3cc(O)ccc23)c2ccccc12. The smallest absolute Gasteiger partial charge is 0.116 e. The van der Waals surface area contributed by atoms with E-state index >= 15 is 0 Å². The van der Waals surface area contributed by atoms with Crippen LogP contribution in [0.25, 0.3) is 21.5 Å². The Bertz CT molecular complexity index is 1200. The minimum absolute atomic E-state index is 0.0539. The third-order valence-corrected chi connectivity index (χ3v) is 5.89. The third-order valence-electron chi connectivity index (χ3n) is 5.89. The molecule has 0 atom stereocenters. The van der Waals surface area contributed by atoms with E-state index in [2.05, 4.69) is 83.3 Å². The number of aromatic hydroxyl groups is 1. The van der Waals surface area contributed by atoms with Crippen molar-refractivity contribution in [3.05, 3.63) is 83.7 Å². The van der Waals surface area contributed by atoms with Gasteiger partial charge in [-0.3, -0.25) is 4.98 Å². The first-order valence-corrected chi connectivity index (χ1v) is 10.3. The van der Waals surface area contributed by atoms with Gasteiger partial charge in [0.05, 0.1) is 0 Å². The normalized spacial score (nSPS) is 12.6. The number of hydrogen-bond acceptors (Lipinski definition) is 2. The Kier molecular flexibility index (Phi) is 4.61. The fourth-order valence-electron chi connectivity index (χ4n) is 4.36. The van der Waals surface area contributed by atoms with E-state index in [4.69, 9.17) is 4.98 Å². The van der Waals surface area contributed by atoms with Crippen molar-refractivity contribution in [2.24, 2.45) is 0 Å². The van der Waals surface area contributed by atoms with Gasteiger partial charge >= 0.3 is 0 Å². The molecule has 2 heteroatoms. The van der Waals surface area contributed by atoms with Crippen molar-refractivity contribution in [2.75, 3.05) is 0 Å². The minimum Gasteiger partial charge on any atom is -0.508 e. The molecule has 0 saturated carbocycles. The quantitative estimate of drug-likeness (QED) is 0.417. The third kappa shape index (κ3) is 3.60. The first-order chi connectivity index (χ1) is 13.7. The van der Waals surface area contributed by atoms with Crippen molar-refractivity contribution < 1.29 is 5.11 Å². The number of aromatic nitrogens is 1. The molecule has 0 saturated heterocycles. The summed E-state index contributed by atoms with van der Waals surface area (Å²) in [4.78, 5) is 4.94. The van der Waals surface area contributed by atoms with Crippen molar-refractivity contribution in [3.63, 3.8) is 0 Å². The lowest BCUT2D eigenvalue weighted by Gasteiger charge is -2.28. The van der Waals surface area contributed by atoms with Crippen LogP contribution in [0.5, 0.6) is 5.75 Å². The lowest BCUT2D eigenvalue weighted by molar-refractivity contribution is 0.476. The molecular formula is C27H29NO. The highest BCUT2D eigenvalue weighted by atomic mass is 16.3. The first-order valence-electron chi connectivity index (χ1n) is 10.3. The van der Waals surface area contributed by atoms with Crippen LogP contribution < -0.4 is 0 Å². The molecular weight excluding hydrogens is 354 g/mol. The standard InChI is InChI=1S/C27H29NO/c1-26(2,3)24-17-28-25(22-11-7-6-10-21(22)24)16-27(4,5)23-12-8-9-18-15-19(29)13-14-20(18)23/h6-15,17,29H,16H2,1-5H3. The zero-order valence-corrected chi connectivity index (χ0v) is 18.0. The van der Waals surface area contributed by atoms with E-state index in [1.165, 1.54) is 27.3 Å². The van der Waals surface area contributed by atoms with Gasteiger partial charge < -0.3 is 5.11 Å². The number of benzene rings is 3. The lowest BCUT2D eigenvalue weighted by Crippen LogP contribution is -2.22. The van der Waals surface area contributed by atoms with Gasteiger partial charge in [-0.25, -0.2) is 0 Å². The molecule has 0 bridgehead atoms.